The molecule has 0 bridgehead atoms. The Hall–Kier alpha value is -1.64. The number of hydrogen-bond donors (Lipinski definition) is 1. The molecule has 1 aliphatic heterocycles. The molecule has 2 aromatic rings. The van der Waals surface area contributed by atoms with Gasteiger partial charge in [-0.2, -0.15) is 0 Å². The molecule has 0 aromatic heterocycles. The van der Waals surface area contributed by atoms with Gasteiger partial charge >= 0.3 is 0 Å². The molecule has 0 unspecified atom stereocenters. The number of hydrogen-bond acceptors (Lipinski definition) is 2. The molecule has 1 N–H and O–H groups in total. The highest BCUT2D eigenvalue weighted by atomic mass is 16.3. The summed E-state index contributed by atoms with van der Waals surface area (Å²) in [6.07, 6.45) is 5.68. The zero-order valence-electron chi connectivity index (χ0n) is 15.6. The van der Waals surface area contributed by atoms with E-state index in [-0.39, 0.29) is 0 Å². The van der Waals surface area contributed by atoms with Crippen LogP contribution in [0.4, 0.5) is 0 Å². The molecular weight excluding hydrogens is 306 g/mol. The van der Waals surface area contributed by atoms with Crippen LogP contribution < -0.4 is 0 Å². The maximum Gasteiger partial charge on any atom is 0.115 e. The average molecular weight is 338 g/mol. The molecule has 0 aliphatic carbocycles. The Labute approximate surface area is 152 Å². The van der Waals surface area contributed by atoms with Gasteiger partial charge < -0.3 is 5.11 Å². The first kappa shape index (κ1) is 18.2. The summed E-state index contributed by atoms with van der Waals surface area (Å²) in [4.78, 5) is 2.62. The summed E-state index contributed by atoms with van der Waals surface area (Å²) in [7, 11) is 0. The molecule has 1 aliphatic rings. The Morgan fingerprint density at radius 2 is 1.36 bits per heavy atom. The monoisotopic (exact) mass is 337 g/mol. The average Bonchev–Trinajstić information content (AvgIpc) is 2.65. The van der Waals surface area contributed by atoms with E-state index in [0.29, 0.717) is 12.1 Å². The molecule has 0 spiro atoms. The summed E-state index contributed by atoms with van der Waals surface area (Å²) < 4.78 is 0. The van der Waals surface area contributed by atoms with Crippen LogP contribution in [0.25, 0.3) is 0 Å². The molecule has 2 heteroatoms. The van der Waals surface area contributed by atoms with Crippen LogP contribution in [0.3, 0.4) is 0 Å². The van der Waals surface area contributed by atoms with Crippen LogP contribution in [-0.2, 0) is 5.60 Å². The molecule has 134 valence electrons. The number of benzene rings is 2. The van der Waals surface area contributed by atoms with Gasteiger partial charge in [-0.15, -0.1) is 0 Å². The number of rotatable bonds is 6. The minimum atomic E-state index is -0.912. The van der Waals surface area contributed by atoms with Gasteiger partial charge in [0.2, 0.25) is 0 Å². The lowest BCUT2D eigenvalue weighted by molar-refractivity contribution is 0.0522. The molecule has 25 heavy (non-hydrogen) atoms. The standard InChI is InChI=1S/C23H31NO/c1-19-11-9-12-20(2)24(19)18-10-17-23(25,21-13-5-3-6-14-21)22-15-7-4-8-16-22/h3-8,13-16,19-20,25H,9-12,17-18H2,1-2H3/t19-,20+. The van der Waals surface area contributed by atoms with E-state index in [4.69, 9.17) is 0 Å². The molecule has 1 heterocycles. The van der Waals surface area contributed by atoms with Crippen molar-refractivity contribution in [1.82, 2.24) is 4.90 Å². The lowest BCUT2D eigenvalue weighted by Gasteiger charge is -2.40. The van der Waals surface area contributed by atoms with E-state index in [2.05, 4.69) is 18.7 Å². The highest BCUT2D eigenvalue weighted by molar-refractivity contribution is 5.35. The van der Waals surface area contributed by atoms with Gasteiger partial charge in [-0.1, -0.05) is 67.1 Å². The normalized spacial score (nSPS) is 22.0. The first-order valence-electron chi connectivity index (χ1n) is 9.70. The summed E-state index contributed by atoms with van der Waals surface area (Å²) in [5, 5.41) is 11.6. The van der Waals surface area contributed by atoms with E-state index in [1.165, 1.54) is 19.3 Å². The highest BCUT2D eigenvalue weighted by Gasteiger charge is 2.32. The van der Waals surface area contributed by atoms with Crippen molar-refractivity contribution in [3.05, 3.63) is 71.8 Å². The third-order valence-corrected chi connectivity index (χ3v) is 5.83. The second-order valence-corrected chi connectivity index (χ2v) is 7.56. The van der Waals surface area contributed by atoms with Crippen LogP contribution in [0.1, 0.15) is 57.1 Å². The Balaban J connectivity index is 1.75. The molecule has 0 saturated carbocycles. The molecule has 0 radical (unpaired) electrons. The van der Waals surface area contributed by atoms with Crippen molar-refractivity contribution < 1.29 is 5.11 Å². The molecular formula is C23H31NO. The predicted molar refractivity (Wildman–Crippen MR) is 105 cm³/mol. The number of nitrogens with zero attached hydrogens (tertiary/aromatic N) is 1. The quantitative estimate of drug-likeness (QED) is 0.805. The molecule has 1 fully saturated rings. The minimum Gasteiger partial charge on any atom is -0.380 e. The van der Waals surface area contributed by atoms with E-state index in [1.807, 2.05) is 60.7 Å². The second kappa shape index (κ2) is 8.16. The predicted octanol–water partition coefficient (Wildman–Crippen LogP) is 4.97. The van der Waals surface area contributed by atoms with Crippen molar-refractivity contribution in [2.45, 2.75) is 63.6 Å². The van der Waals surface area contributed by atoms with E-state index >= 15 is 0 Å². The first-order chi connectivity index (χ1) is 12.1. The fourth-order valence-corrected chi connectivity index (χ4v) is 4.32. The molecule has 2 nitrogen and oxygen atoms in total. The van der Waals surface area contributed by atoms with E-state index < -0.39 is 5.60 Å². The van der Waals surface area contributed by atoms with Gasteiger partial charge in [0.1, 0.15) is 5.60 Å². The summed E-state index contributed by atoms with van der Waals surface area (Å²) in [6.45, 7) is 5.75. The number of aliphatic hydroxyl groups is 1. The third kappa shape index (κ3) is 4.13. The lowest BCUT2D eigenvalue weighted by Crippen LogP contribution is -2.44. The van der Waals surface area contributed by atoms with Crippen molar-refractivity contribution >= 4 is 0 Å². The zero-order valence-corrected chi connectivity index (χ0v) is 15.6. The van der Waals surface area contributed by atoms with Crippen molar-refractivity contribution in [3.63, 3.8) is 0 Å². The Morgan fingerprint density at radius 3 is 1.84 bits per heavy atom. The highest BCUT2D eigenvalue weighted by Crippen LogP contribution is 2.34. The van der Waals surface area contributed by atoms with Crippen molar-refractivity contribution in [2.75, 3.05) is 6.54 Å². The maximum absolute atomic E-state index is 11.6. The molecule has 1 saturated heterocycles. The smallest absolute Gasteiger partial charge is 0.115 e. The largest absolute Gasteiger partial charge is 0.380 e. The molecule has 2 aromatic carbocycles. The Morgan fingerprint density at radius 1 is 0.880 bits per heavy atom. The summed E-state index contributed by atoms with van der Waals surface area (Å²) >= 11 is 0. The third-order valence-electron chi connectivity index (χ3n) is 5.83. The van der Waals surface area contributed by atoms with Gasteiger partial charge in [0.05, 0.1) is 0 Å². The number of likely N-dealkylation sites (tertiary alicyclic amines) is 1. The van der Waals surface area contributed by atoms with Crippen molar-refractivity contribution in [2.24, 2.45) is 0 Å². The maximum atomic E-state index is 11.6. The Bertz CT molecular complexity index is 590. The van der Waals surface area contributed by atoms with Crippen LogP contribution in [0.2, 0.25) is 0 Å². The lowest BCUT2D eigenvalue weighted by atomic mass is 9.82. The summed E-state index contributed by atoms with van der Waals surface area (Å²) in [5.41, 5.74) is 1.06. The first-order valence-corrected chi connectivity index (χ1v) is 9.70. The fraction of sp³-hybridized carbons (Fsp3) is 0.478. The number of piperidine rings is 1. The van der Waals surface area contributed by atoms with Crippen LogP contribution in [0.15, 0.2) is 60.7 Å². The van der Waals surface area contributed by atoms with Gasteiger partial charge in [-0.3, -0.25) is 4.90 Å². The van der Waals surface area contributed by atoms with Crippen LogP contribution >= 0.6 is 0 Å². The van der Waals surface area contributed by atoms with Gasteiger partial charge in [-0.25, -0.2) is 0 Å². The zero-order chi connectivity index (χ0) is 17.7. The van der Waals surface area contributed by atoms with E-state index in [9.17, 15) is 5.11 Å². The van der Waals surface area contributed by atoms with Crippen molar-refractivity contribution in [3.8, 4) is 0 Å². The second-order valence-electron chi connectivity index (χ2n) is 7.56. The fourth-order valence-electron chi connectivity index (χ4n) is 4.32. The van der Waals surface area contributed by atoms with Gasteiger partial charge in [-0.05, 0) is 57.2 Å². The van der Waals surface area contributed by atoms with Gasteiger partial charge in [0.15, 0.2) is 0 Å². The van der Waals surface area contributed by atoms with Crippen LogP contribution in [0, 0.1) is 0 Å². The van der Waals surface area contributed by atoms with Crippen LogP contribution in [0.5, 0.6) is 0 Å². The van der Waals surface area contributed by atoms with Crippen LogP contribution in [-0.4, -0.2) is 28.6 Å². The van der Waals surface area contributed by atoms with Gasteiger partial charge in [0.25, 0.3) is 0 Å². The topological polar surface area (TPSA) is 23.5 Å². The van der Waals surface area contributed by atoms with E-state index in [1.54, 1.807) is 0 Å². The molecule has 2 atom stereocenters. The van der Waals surface area contributed by atoms with Gasteiger partial charge in [0, 0.05) is 12.1 Å². The van der Waals surface area contributed by atoms with E-state index in [0.717, 1.165) is 30.5 Å². The molecule has 3 rings (SSSR count). The van der Waals surface area contributed by atoms with Crippen molar-refractivity contribution in [1.29, 1.82) is 0 Å². The Kier molecular flexibility index (Phi) is 5.93. The summed E-state index contributed by atoms with van der Waals surface area (Å²) in [5.74, 6) is 0. The summed E-state index contributed by atoms with van der Waals surface area (Å²) in [6, 6.07) is 21.5. The SMILES string of the molecule is C[C@@H]1CCC[C@H](C)N1CCCC(O)(c1ccccc1)c1ccccc1. The molecule has 0 amide bonds. The minimum absolute atomic E-state index is 0.658.